The molecule has 0 aliphatic carbocycles. The second-order valence-electron chi connectivity index (χ2n) is 6.50. The summed E-state index contributed by atoms with van der Waals surface area (Å²) in [5.41, 5.74) is 5.42. The van der Waals surface area contributed by atoms with Crippen LogP contribution in [-0.2, 0) is 19.5 Å². The third-order valence-electron chi connectivity index (χ3n) is 4.78. The van der Waals surface area contributed by atoms with Crippen LogP contribution < -0.4 is 5.32 Å². The van der Waals surface area contributed by atoms with E-state index in [-0.39, 0.29) is 0 Å². The Hall–Kier alpha value is -2.37. The summed E-state index contributed by atoms with van der Waals surface area (Å²) in [5, 5.41) is 4.36. The first-order chi connectivity index (χ1) is 12.3. The van der Waals surface area contributed by atoms with Crippen LogP contribution in [0.2, 0.25) is 0 Å². The molecule has 0 bridgehead atoms. The molecule has 2 aliphatic heterocycles. The summed E-state index contributed by atoms with van der Waals surface area (Å²) >= 11 is 1.68. The number of nitrogens with one attached hydrogen (secondary N) is 1. The first-order valence-corrected chi connectivity index (χ1v) is 9.35. The van der Waals surface area contributed by atoms with Crippen LogP contribution in [0.4, 0.5) is 11.5 Å². The van der Waals surface area contributed by atoms with E-state index in [1.54, 1.807) is 24.2 Å². The zero-order chi connectivity index (χ0) is 16.6. The zero-order valence-electron chi connectivity index (χ0n) is 13.8. The highest BCUT2D eigenvalue weighted by Crippen LogP contribution is 2.42. The number of anilines is 2. The number of nitrogens with zero attached hydrogens (tertiary/aromatic N) is 3. The average Bonchev–Trinajstić information content (AvgIpc) is 2.66. The number of hydrogen-bond acceptors (Lipinski definition) is 5. The molecule has 1 N–H and O–H groups in total. The third-order valence-corrected chi connectivity index (χ3v) is 5.85. The molecule has 0 atom stereocenters. The van der Waals surface area contributed by atoms with E-state index in [1.807, 2.05) is 0 Å². The van der Waals surface area contributed by atoms with E-state index in [4.69, 9.17) is 0 Å². The van der Waals surface area contributed by atoms with Crippen LogP contribution in [0.25, 0.3) is 0 Å². The molecule has 5 rings (SSSR count). The number of hydrogen-bond donors (Lipinski definition) is 1. The topological polar surface area (TPSA) is 41.0 Å². The van der Waals surface area contributed by atoms with E-state index in [0.717, 1.165) is 42.6 Å². The molecule has 3 heterocycles. The average molecular weight is 346 g/mol. The van der Waals surface area contributed by atoms with Crippen molar-refractivity contribution < 1.29 is 0 Å². The molecule has 0 unspecified atom stereocenters. The van der Waals surface area contributed by atoms with Gasteiger partial charge in [-0.2, -0.15) is 0 Å². The molecule has 0 saturated carbocycles. The minimum atomic E-state index is 0.851. The van der Waals surface area contributed by atoms with E-state index in [9.17, 15) is 0 Å². The predicted octanol–water partition coefficient (Wildman–Crippen LogP) is 4.24. The lowest BCUT2D eigenvalue weighted by Crippen LogP contribution is -2.30. The maximum Gasteiger partial charge on any atom is 0.163 e. The fraction of sp³-hybridized carbons (Fsp3) is 0.200. The largest absolute Gasteiger partial charge is 0.337 e. The Bertz CT molecular complexity index is 940. The van der Waals surface area contributed by atoms with Gasteiger partial charge < -0.3 is 5.32 Å². The van der Waals surface area contributed by atoms with Gasteiger partial charge in [-0.25, -0.2) is 9.97 Å². The monoisotopic (exact) mass is 346 g/mol. The predicted molar refractivity (Wildman–Crippen MR) is 100 cm³/mol. The van der Waals surface area contributed by atoms with Crippen molar-refractivity contribution in [2.45, 2.75) is 29.4 Å². The fourth-order valence-electron chi connectivity index (χ4n) is 3.53. The van der Waals surface area contributed by atoms with Crippen molar-refractivity contribution in [2.24, 2.45) is 0 Å². The van der Waals surface area contributed by atoms with Crippen LogP contribution >= 0.6 is 11.8 Å². The van der Waals surface area contributed by atoms with Gasteiger partial charge in [0.2, 0.25) is 0 Å². The van der Waals surface area contributed by atoms with Gasteiger partial charge in [0.15, 0.2) is 5.82 Å². The second kappa shape index (κ2) is 6.17. The number of benzene rings is 2. The normalized spacial score (nSPS) is 15.7. The lowest BCUT2D eigenvalue weighted by atomic mass is 9.99. The number of fused-ring (bicyclic) bond motifs is 3. The van der Waals surface area contributed by atoms with Crippen molar-refractivity contribution in [1.29, 1.82) is 0 Å². The minimum Gasteiger partial charge on any atom is -0.337 e. The molecular weight excluding hydrogens is 328 g/mol. The Balaban J connectivity index is 1.35. The number of rotatable bonds is 2. The van der Waals surface area contributed by atoms with Gasteiger partial charge in [0, 0.05) is 36.9 Å². The van der Waals surface area contributed by atoms with Crippen LogP contribution in [0.15, 0.2) is 64.8 Å². The van der Waals surface area contributed by atoms with Gasteiger partial charge in [-0.15, -0.1) is 0 Å². The fourth-order valence-corrected chi connectivity index (χ4v) is 4.41. The molecule has 0 fully saturated rings. The molecule has 0 amide bonds. The SMILES string of the molecule is c1ccc2c(c1)CCN(Cc1ccc3c(c1)Nc1nccnc1S3)C2. The lowest BCUT2D eigenvalue weighted by molar-refractivity contribution is 0.245. The third kappa shape index (κ3) is 2.90. The Labute approximate surface area is 151 Å². The first-order valence-electron chi connectivity index (χ1n) is 8.53. The molecule has 3 aromatic rings. The van der Waals surface area contributed by atoms with Crippen molar-refractivity contribution in [3.63, 3.8) is 0 Å². The summed E-state index contributed by atoms with van der Waals surface area (Å²) in [6, 6.07) is 15.5. The van der Waals surface area contributed by atoms with Crippen molar-refractivity contribution in [1.82, 2.24) is 14.9 Å². The highest BCUT2D eigenvalue weighted by atomic mass is 32.2. The Morgan fingerprint density at radius 2 is 1.92 bits per heavy atom. The summed E-state index contributed by atoms with van der Waals surface area (Å²) in [4.78, 5) is 12.5. The maximum absolute atomic E-state index is 4.39. The molecule has 25 heavy (non-hydrogen) atoms. The molecule has 0 spiro atoms. The Morgan fingerprint density at radius 1 is 1.04 bits per heavy atom. The van der Waals surface area contributed by atoms with Gasteiger partial charge in [-0.1, -0.05) is 42.1 Å². The summed E-state index contributed by atoms with van der Waals surface area (Å²) < 4.78 is 0. The highest BCUT2D eigenvalue weighted by Gasteiger charge is 2.19. The molecule has 124 valence electrons. The Kier molecular flexibility index (Phi) is 3.68. The molecule has 5 heteroatoms. The zero-order valence-corrected chi connectivity index (χ0v) is 14.6. The second-order valence-corrected chi connectivity index (χ2v) is 7.53. The molecule has 0 radical (unpaired) electrons. The van der Waals surface area contributed by atoms with Gasteiger partial charge >= 0.3 is 0 Å². The number of aromatic nitrogens is 2. The highest BCUT2D eigenvalue weighted by molar-refractivity contribution is 7.99. The molecule has 1 aromatic heterocycles. The van der Waals surface area contributed by atoms with Crippen LogP contribution in [0.3, 0.4) is 0 Å². The quantitative estimate of drug-likeness (QED) is 0.588. The van der Waals surface area contributed by atoms with Crippen molar-refractivity contribution in [3.8, 4) is 0 Å². The van der Waals surface area contributed by atoms with Crippen molar-refractivity contribution in [2.75, 3.05) is 11.9 Å². The van der Waals surface area contributed by atoms with Crippen LogP contribution in [0.5, 0.6) is 0 Å². The van der Waals surface area contributed by atoms with Crippen LogP contribution in [0, 0.1) is 0 Å². The van der Waals surface area contributed by atoms with Gasteiger partial charge in [-0.3, -0.25) is 4.90 Å². The summed E-state index contributed by atoms with van der Waals surface area (Å²) in [6.07, 6.45) is 4.60. The Morgan fingerprint density at radius 3 is 2.88 bits per heavy atom. The molecule has 2 aromatic carbocycles. The standard InChI is InChI=1S/C20H18N4S/c1-2-4-16-13-24(10-7-15(16)3-1)12-14-5-6-18-17(11-14)23-19-20(25-18)22-9-8-21-19/h1-6,8-9,11H,7,10,12-13H2,(H,21,23). The maximum atomic E-state index is 4.39. The van der Waals surface area contributed by atoms with E-state index in [2.05, 4.69) is 62.6 Å². The first kappa shape index (κ1) is 14.9. The van der Waals surface area contributed by atoms with E-state index >= 15 is 0 Å². The summed E-state index contributed by atoms with van der Waals surface area (Å²) in [7, 11) is 0. The lowest BCUT2D eigenvalue weighted by Gasteiger charge is -2.29. The van der Waals surface area contributed by atoms with E-state index < -0.39 is 0 Å². The summed E-state index contributed by atoms with van der Waals surface area (Å²) in [6.45, 7) is 3.12. The van der Waals surface area contributed by atoms with Crippen molar-refractivity contribution in [3.05, 3.63) is 71.5 Å². The van der Waals surface area contributed by atoms with E-state index in [1.165, 1.54) is 21.6 Å². The summed E-state index contributed by atoms with van der Waals surface area (Å²) in [5.74, 6) is 0.851. The van der Waals surface area contributed by atoms with Gasteiger partial charge in [0.05, 0.1) is 5.69 Å². The van der Waals surface area contributed by atoms with Gasteiger partial charge in [0.1, 0.15) is 5.03 Å². The molecule has 2 aliphatic rings. The smallest absolute Gasteiger partial charge is 0.163 e. The van der Waals surface area contributed by atoms with Crippen LogP contribution in [-0.4, -0.2) is 21.4 Å². The van der Waals surface area contributed by atoms with Gasteiger partial charge in [0.25, 0.3) is 0 Å². The molecular formula is C20H18N4S. The minimum absolute atomic E-state index is 0.851. The van der Waals surface area contributed by atoms with Gasteiger partial charge in [-0.05, 0) is 35.2 Å². The molecule has 0 saturated heterocycles. The van der Waals surface area contributed by atoms with E-state index in [0.29, 0.717) is 0 Å². The van der Waals surface area contributed by atoms with Crippen molar-refractivity contribution >= 4 is 23.3 Å². The van der Waals surface area contributed by atoms with Crippen LogP contribution in [0.1, 0.15) is 16.7 Å². The molecule has 4 nitrogen and oxygen atoms in total.